The number of carbonyl (C=O) groups excluding carboxylic acids is 3. The van der Waals surface area contributed by atoms with Gasteiger partial charge < -0.3 is 15.8 Å². The fourth-order valence-corrected chi connectivity index (χ4v) is 4.63. The standard InChI is InChI=1S/C29H30N4O5S/c1-20-8-6-10-23(16-20)28(35)32-25-11-7-9-21(17-25)13-14-22-18-24(19-31-27(22)30)29(36)33-39(3,37)15-5-4-12-26(34)38-2/h6-11,15-19H,4-5,12H2,1-3H3,(H2,30,31)(H,32,35)(H,33,36,37). The summed E-state index contributed by atoms with van der Waals surface area (Å²) in [6.07, 6.45) is 3.70. The molecular weight excluding hydrogens is 516 g/mol. The largest absolute Gasteiger partial charge is 0.469 e. The van der Waals surface area contributed by atoms with Crippen molar-refractivity contribution in [3.8, 4) is 11.8 Å². The van der Waals surface area contributed by atoms with E-state index in [0.29, 0.717) is 35.2 Å². The molecule has 202 valence electrons. The minimum atomic E-state index is -2.81. The lowest BCUT2D eigenvalue weighted by atomic mass is 10.1. The summed E-state index contributed by atoms with van der Waals surface area (Å²) in [6.45, 7) is 1.92. The van der Waals surface area contributed by atoms with Crippen molar-refractivity contribution in [1.82, 2.24) is 9.71 Å². The quantitative estimate of drug-likeness (QED) is 0.170. The number of ether oxygens (including phenoxy) is 1. The van der Waals surface area contributed by atoms with Gasteiger partial charge in [0.05, 0.1) is 18.2 Å². The Bertz CT molecular complexity index is 1580. The zero-order chi connectivity index (χ0) is 28.4. The summed E-state index contributed by atoms with van der Waals surface area (Å²) in [4.78, 5) is 40.5. The van der Waals surface area contributed by atoms with Crippen LogP contribution in [0.15, 0.2) is 60.8 Å². The van der Waals surface area contributed by atoms with Crippen LogP contribution in [0.4, 0.5) is 11.5 Å². The lowest BCUT2D eigenvalue weighted by Crippen LogP contribution is -2.31. The van der Waals surface area contributed by atoms with Gasteiger partial charge in [0.15, 0.2) is 0 Å². The summed E-state index contributed by atoms with van der Waals surface area (Å²) < 4.78 is 19.8. The van der Waals surface area contributed by atoms with Crippen LogP contribution in [-0.2, 0) is 19.2 Å². The molecule has 0 aliphatic carbocycles. The van der Waals surface area contributed by atoms with Crippen LogP contribution in [0.3, 0.4) is 0 Å². The Hall–Kier alpha value is -4.62. The number of carbonyl (C=O) groups is 3. The minimum Gasteiger partial charge on any atom is -0.469 e. The lowest BCUT2D eigenvalue weighted by molar-refractivity contribution is -0.140. The highest BCUT2D eigenvalue weighted by Gasteiger charge is 2.12. The van der Waals surface area contributed by atoms with E-state index < -0.39 is 15.6 Å². The highest BCUT2D eigenvalue weighted by atomic mass is 32.2. The van der Waals surface area contributed by atoms with E-state index in [1.54, 1.807) is 36.4 Å². The van der Waals surface area contributed by atoms with Gasteiger partial charge in [-0.2, -0.15) is 0 Å². The first-order chi connectivity index (χ1) is 18.6. The van der Waals surface area contributed by atoms with Crippen LogP contribution < -0.4 is 15.8 Å². The van der Waals surface area contributed by atoms with Gasteiger partial charge in [0.25, 0.3) is 11.8 Å². The maximum Gasteiger partial charge on any atom is 0.305 e. The van der Waals surface area contributed by atoms with Gasteiger partial charge in [0.1, 0.15) is 5.82 Å². The van der Waals surface area contributed by atoms with Crippen molar-refractivity contribution >= 4 is 44.4 Å². The molecule has 0 aliphatic rings. The topological polar surface area (TPSA) is 140 Å². The van der Waals surface area contributed by atoms with E-state index in [9.17, 15) is 18.6 Å². The molecule has 1 unspecified atom stereocenters. The number of aromatic nitrogens is 1. The van der Waals surface area contributed by atoms with Crippen molar-refractivity contribution < 1.29 is 23.3 Å². The number of esters is 1. The number of rotatable bonds is 8. The molecule has 9 nitrogen and oxygen atoms in total. The third kappa shape index (κ3) is 9.02. The van der Waals surface area contributed by atoms with Crippen LogP contribution in [0, 0.1) is 18.8 Å². The van der Waals surface area contributed by atoms with E-state index in [2.05, 4.69) is 31.6 Å². The number of benzene rings is 2. The van der Waals surface area contributed by atoms with Crippen molar-refractivity contribution in [2.45, 2.75) is 26.2 Å². The smallest absolute Gasteiger partial charge is 0.305 e. The second-order valence-electron chi connectivity index (χ2n) is 8.78. The summed E-state index contributed by atoms with van der Waals surface area (Å²) in [5, 5.41) is 4.33. The first kappa shape index (κ1) is 28.9. The number of nitrogen functional groups attached to an aromatic ring is 1. The molecular formula is C29H30N4O5S. The molecule has 0 saturated heterocycles. The Labute approximate surface area is 228 Å². The number of aryl methyl sites for hydroxylation is 1. The molecule has 2 amide bonds. The van der Waals surface area contributed by atoms with Gasteiger partial charge in [-0.3, -0.25) is 19.1 Å². The number of nitrogens with zero attached hydrogens (tertiary/aromatic N) is 1. The number of amides is 2. The number of nitrogens with two attached hydrogens (primary N) is 1. The van der Waals surface area contributed by atoms with Crippen molar-refractivity contribution in [3.63, 3.8) is 0 Å². The number of methoxy groups -OCH3 is 1. The van der Waals surface area contributed by atoms with Crippen LogP contribution in [0.25, 0.3) is 0 Å². The number of hydrogen-bond acceptors (Lipinski definition) is 7. The van der Waals surface area contributed by atoms with Crippen molar-refractivity contribution in [1.29, 1.82) is 0 Å². The molecule has 3 rings (SSSR count). The first-order valence-corrected chi connectivity index (χ1v) is 14.1. The average molecular weight is 547 g/mol. The van der Waals surface area contributed by atoms with Crippen LogP contribution >= 0.6 is 0 Å². The summed E-state index contributed by atoms with van der Waals surface area (Å²) in [5.41, 5.74) is 9.16. The normalized spacial score (nSPS) is 11.8. The molecule has 3 aromatic rings. The Morgan fingerprint density at radius 1 is 1.05 bits per heavy atom. The molecule has 1 aromatic heterocycles. The summed E-state index contributed by atoms with van der Waals surface area (Å²) in [6, 6.07) is 15.8. The fraction of sp³-hybridized carbons (Fsp3) is 0.207. The number of anilines is 2. The van der Waals surface area contributed by atoms with Gasteiger partial charge >= 0.3 is 5.97 Å². The number of pyridine rings is 1. The predicted octanol–water partition coefficient (Wildman–Crippen LogP) is 3.33. The van der Waals surface area contributed by atoms with Gasteiger partial charge in [-0.05, 0) is 61.5 Å². The number of hydrogen-bond donors (Lipinski definition) is 3. The van der Waals surface area contributed by atoms with Gasteiger partial charge in [0.2, 0.25) is 0 Å². The molecule has 0 radical (unpaired) electrons. The van der Waals surface area contributed by atoms with Crippen LogP contribution in [0.5, 0.6) is 0 Å². The summed E-state index contributed by atoms with van der Waals surface area (Å²) in [7, 11) is -1.50. The average Bonchev–Trinajstić information content (AvgIpc) is 2.90. The Balaban J connectivity index is 1.71. The summed E-state index contributed by atoms with van der Waals surface area (Å²) in [5.74, 6) is 4.84. The van der Waals surface area contributed by atoms with E-state index in [0.717, 1.165) is 5.56 Å². The Kier molecular flexibility index (Phi) is 9.84. The molecule has 1 heterocycles. The highest BCUT2D eigenvalue weighted by Crippen LogP contribution is 2.14. The van der Waals surface area contributed by atoms with Crippen molar-refractivity contribution in [3.05, 3.63) is 88.6 Å². The maximum absolute atomic E-state index is 12.8. The van der Waals surface area contributed by atoms with Crippen molar-refractivity contribution in [2.75, 3.05) is 24.4 Å². The van der Waals surface area contributed by atoms with Gasteiger partial charge in [-0.25, -0.2) is 9.19 Å². The molecule has 2 aromatic carbocycles. The molecule has 1 atom stereocenters. The van der Waals surface area contributed by atoms with Gasteiger partial charge in [-0.1, -0.05) is 35.6 Å². The van der Waals surface area contributed by atoms with Crippen LogP contribution in [0.2, 0.25) is 0 Å². The molecule has 0 aliphatic heterocycles. The molecule has 0 spiro atoms. The van der Waals surface area contributed by atoms with Gasteiger partial charge in [0, 0.05) is 45.4 Å². The van der Waals surface area contributed by atoms with Crippen LogP contribution in [-0.4, -0.2) is 45.7 Å². The SMILES string of the molecule is COC(=O)CCCC=S(C)(=O)NC(=O)c1cnc(N)c(C#Cc2cccc(NC(=O)c3cccc(C)c3)c2)c1. The molecule has 0 fully saturated rings. The van der Waals surface area contributed by atoms with Crippen LogP contribution in [0.1, 0.15) is 56.7 Å². The predicted molar refractivity (Wildman–Crippen MR) is 154 cm³/mol. The second-order valence-corrected chi connectivity index (χ2v) is 11.1. The minimum absolute atomic E-state index is 0.134. The molecule has 39 heavy (non-hydrogen) atoms. The fourth-order valence-electron chi connectivity index (χ4n) is 3.44. The van der Waals surface area contributed by atoms with Gasteiger partial charge in [-0.15, -0.1) is 0 Å². The first-order valence-electron chi connectivity index (χ1n) is 12.0. The number of nitrogens with one attached hydrogen (secondary N) is 2. The number of unbranched alkanes of at least 4 members (excludes halogenated alkanes) is 1. The summed E-state index contributed by atoms with van der Waals surface area (Å²) >= 11 is 0. The molecule has 10 heteroatoms. The van der Waals surface area contributed by atoms with E-state index in [1.165, 1.54) is 31.0 Å². The highest BCUT2D eigenvalue weighted by molar-refractivity contribution is 7.99. The van der Waals surface area contributed by atoms with E-state index in [-0.39, 0.29) is 29.7 Å². The zero-order valence-electron chi connectivity index (χ0n) is 21.9. The molecule has 0 bridgehead atoms. The Morgan fingerprint density at radius 2 is 1.82 bits per heavy atom. The second kappa shape index (κ2) is 13.3. The third-order valence-electron chi connectivity index (χ3n) is 5.47. The molecule has 0 saturated carbocycles. The monoisotopic (exact) mass is 546 g/mol. The van der Waals surface area contributed by atoms with E-state index >= 15 is 0 Å². The van der Waals surface area contributed by atoms with Crippen molar-refractivity contribution in [2.24, 2.45) is 0 Å². The lowest BCUT2D eigenvalue weighted by Gasteiger charge is -2.09. The van der Waals surface area contributed by atoms with E-state index in [1.807, 2.05) is 19.1 Å². The maximum atomic E-state index is 12.8. The molecule has 4 N–H and O–H groups in total. The van der Waals surface area contributed by atoms with E-state index in [4.69, 9.17) is 5.73 Å². The zero-order valence-corrected chi connectivity index (χ0v) is 22.8. The Morgan fingerprint density at radius 3 is 2.56 bits per heavy atom. The third-order valence-corrected chi connectivity index (χ3v) is 6.93.